The van der Waals surface area contributed by atoms with E-state index in [1.165, 1.54) is 29.3 Å². The minimum absolute atomic E-state index is 0.0781. The van der Waals surface area contributed by atoms with Crippen LogP contribution < -0.4 is 15.1 Å². The van der Waals surface area contributed by atoms with Gasteiger partial charge in [0.05, 0.1) is 17.9 Å². The van der Waals surface area contributed by atoms with Crippen molar-refractivity contribution in [2.45, 2.75) is 44.1 Å². The summed E-state index contributed by atoms with van der Waals surface area (Å²) in [4.78, 5) is 24.2. The van der Waals surface area contributed by atoms with Crippen LogP contribution in [0.4, 0.5) is 0 Å². The number of fused-ring (bicyclic) bond motifs is 2. The van der Waals surface area contributed by atoms with Gasteiger partial charge in [-0.3, -0.25) is 4.79 Å². The number of ether oxygens (including phenoxy) is 2. The van der Waals surface area contributed by atoms with Gasteiger partial charge in [-0.05, 0) is 73.7 Å². The van der Waals surface area contributed by atoms with Crippen LogP contribution >= 0.6 is 0 Å². The predicted molar refractivity (Wildman–Crippen MR) is 122 cm³/mol. The topological polar surface area (TPSA) is 112 Å². The first-order valence-corrected chi connectivity index (χ1v) is 12.3. The molecule has 0 amide bonds. The van der Waals surface area contributed by atoms with Crippen LogP contribution in [0, 0.1) is 0 Å². The Morgan fingerprint density at radius 2 is 1.82 bits per heavy atom. The molecule has 0 aliphatic heterocycles. The Kier molecular flexibility index (Phi) is 6.80. The standard InChI is InChI=1S/C24H25NO7S/c1-2-30-19-6-8-20(9-7-19)33(28,29)25-11-10-23(26)31-15-18-14-24(27)32-22-13-17-5-3-4-16(17)12-21(18)22/h6-9,12-14,25H,2-5,10-11,15H2,1H3. The molecule has 1 heterocycles. The highest BCUT2D eigenvalue weighted by Crippen LogP contribution is 2.28. The van der Waals surface area contributed by atoms with Crippen molar-refractivity contribution < 1.29 is 27.1 Å². The van der Waals surface area contributed by atoms with Crippen molar-refractivity contribution in [3.05, 3.63) is 69.6 Å². The van der Waals surface area contributed by atoms with Crippen LogP contribution in [-0.4, -0.2) is 27.5 Å². The summed E-state index contributed by atoms with van der Waals surface area (Å²) in [7, 11) is -3.76. The number of nitrogens with one attached hydrogen (secondary N) is 1. The molecular weight excluding hydrogens is 446 g/mol. The quantitative estimate of drug-likeness (QED) is 0.377. The second-order valence-electron chi connectivity index (χ2n) is 7.77. The molecule has 174 valence electrons. The van der Waals surface area contributed by atoms with Crippen LogP contribution in [0.5, 0.6) is 5.75 Å². The van der Waals surface area contributed by atoms with Crippen molar-refractivity contribution in [2.75, 3.05) is 13.2 Å². The first-order chi connectivity index (χ1) is 15.9. The predicted octanol–water partition coefficient (Wildman–Crippen LogP) is 3.09. The number of hydrogen-bond acceptors (Lipinski definition) is 7. The fraction of sp³-hybridized carbons (Fsp3) is 0.333. The molecule has 0 radical (unpaired) electrons. The zero-order valence-corrected chi connectivity index (χ0v) is 19.1. The maximum atomic E-state index is 12.4. The average molecular weight is 472 g/mol. The fourth-order valence-corrected chi connectivity index (χ4v) is 4.93. The monoisotopic (exact) mass is 471 g/mol. The lowest BCUT2D eigenvalue weighted by Crippen LogP contribution is -2.26. The number of sulfonamides is 1. The van der Waals surface area contributed by atoms with Crippen LogP contribution in [0.1, 0.15) is 36.5 Å². The molecule has 0 spiro atoms. The SMILES string of the molecule is CCOc1ccc(S(=O)(=O)NCCC(=O)OCc2cc(=O)oc3cc4c(cc23)CCC4)cc1. The second-order valence-corrected chi connectivity index (χ2v) is 9.54. The van der Waals surface area contributed by atoms with E-state index in [4.69, 9.17) is 13.9 Å². The molecule has 8 nitrogen and oxygen atoms in total. The zero-order valence-electron chi connectivity index (χ0n) is 18.3. The number of carbonyl (C=O) groups excluding carboxylic acids is 1. The Bertz CT molecular complexity index is 1330. The largest absolute Gasteiger partial charge is 0.494 e. The Morgan fingerprint density at radius 3 is 2.55 bits per heavy atom. The van der Waals surface area contributed by atoms with E-state index in [2.05, 4.69) is 4.72 Å². The van der Waals surface area contributed by atoms with Crippen molar-refractivity contribution in [2.24, 2.45) is 0 Å². The molecule has 4 rings (SSSR count). The number of esters is 1. The molecule has 0 atom stereocenters. The van der Waals surface area contributed by atoms with E-state index in [9.17, 15) is 18.0 Å². The van der Waals surface area contributed by atoms with Gasteiger partial charge in [-0.25, -0.2) is 17.9 Å². The third-order valence-electron chi connectivity index (χ3n) is 5.50. The maximum absolute atomic E-state index is 12.4. The zero-order chi connectivity index (χ0) is 23.4. The average Bonchev–Trinajstić information content (AvgIpc) is 3.24. The number of benzene rings is 2. The van der Waals surface area contributed by atoms with Gasteiger partial charge in [0.25, 0.3) is 0 Å². The molecule has 1 aliphatic carbocycles. The lowest BCUT2D eigenvalue weighted by atomic mass is 10.0. The summed E-state index contributed by atoms with van der Waals surface area (Å²) in [6.45, 7) is 2.12. The lowest BCUT2D eigenvalue weighted by molar-refractivity contribution is -0.144. The van der Waals surface area contributed by atoms with Gasteiger partial charge >= 0.3 is 11.6 Å². The molecule has 0 unspecified atom stereocenters. The van der Waals surface area contributed by atoms with Crippen molar-refractivity contribution in [1.82, 2.24) is 4.72 Å². The van der Waals surface area contributed by atoms with Crippen LogP contribution in [0.3, 0.4) is 0 Å². The highest BCUT2D eigenvalue weighted by molar-refractivity contribution is 7.89. The van der Waals surface area contributed by atoms with Gasteiger partial charge in [0, 0.05) is 23.6 Å². The van der Waals surface area contributed by atoms with Crippen molar-refractivity contribution in [3.63, 3.8) is 0 Å². The summed E-state index contributed by atoms with van der Waals surface area (Å²) >= 11 is 0. The molecule has 9 heteroatoms. The van der Waals surface area contributed by atoms with E-state index in [1.807, 2.05) is 19.1 Å². The van der Waals surface area contributed by atoms with E-state index in [0.717, 1.165) is 24.6 Å². The smallest absolute Gasteiger partial charge is 0.336 e. The third-order valence-corrected chi connectivity index (χ3v) is 6.97. The molecule has 1 aliphatic rings. The third kappa shape index (κ3) is 5.43. The van der Waals surface area contributed by atoms with Gasteiger partial charge in [-0.1, -0.05) is 0 Å². The summed E-state index contributed by atoms with van der Waals surface area (Å²) in [6.07, 6.45) is 2.84. The molecule has 2 aromatic carbocycles. The molecular formula is C24H25NO7S. The number of rotatable bonds is 9. The Labute approximate surface area is 191 Å². The number of hydrogen-bond donors (Lipinski definition) is 1. The fourth-order valence-electron chi connectivity index (χ4n) is 3.90. The molecule has 0 saturated heterocycles. The van der Waals surface area contributed by atoms with Gasteiger partial charge < -0.3 is 13.9 Å². The van der Waals surface area contributed by atoms with Gasteiger partial charge in [-0.2, -0.15) is 0 Å². The van der Waals surface area contributed by atoms with Crippen molar-refractivity contribution in [1.29, 1.82) is 0 Å². The Morgan fingerprint density at radius 1 is 1.09 bits per heavy atom. The minimum atomic E-state index is -3.76. The van der Waals surface area contributed by atoms with E-state index in [-0.39, 0.29) is 24.5 Å². The first-order valence-electron chi connectivity index (χ1n) is 10.8. The van der Waals surface area contributed by atoms with Gasteiger partial charge in [0.2, 0.25) is 10.0 Å². The van der Waals surface area contributed by atoms with Crippen LogP contribution in [0.2, 0.25) is 0 Å². The molecule has 0 fully saturated rings. The van der Waals surface area contributed by atoms with Crippen molar-refractivity contribution >= 4 is 27.0 Å². The summed E-state index contributed by atoms with van der Waals surface area (Å²) in [6, 6.07) is 11.2. The molecule has 33 heavy (non-hydrogen) atoms. The van der Waals surface area contributed by atoms with Gasteiger partial charge in [0.15, 0.2) is 0 Å². The lowest BCUT2D eigenvalue weighted by Gasteiger charge is -2.10. The van der Waals surface area contributed by atoms with Gasteiger partial charge in [-0.15, -0.1) is 0 Å². The van der Waals surface area contributed by atoms with Crippen molar-refractivity contribution in [3.8, 4) is 5.75 Å². The summed E-state index contributed by atoms with van der Waals surface area (Å²) in [5.41, 5.74) is 2.94. The first kappa shape index (κ1) is 23.0. The minimum Gasteiger partial charge on any atom is -0.494 e. The van der Waals surface area contributed by atoms with E-state index in [0.29, 0.717) is 23.5 Å². The van der Waals surface area contributed by atoms with Crippen LogP contribution in [-0.2, 0) is 39.0 Å². The maximum Gasteiger partial charge on any atom is 0.336 e. The summed E-state index contributed by atoms with van der Waals surface area (Å²) in [5.74, 6) is -0.000556. The van der Waals surface area contributed by atoms with Gasteiger partial charge in [0.1, 0.15) is 17.9 Å². The van der Waals surface area contributed by atoms with Crippen LogP contribution in [0.25, 0.3) is 11.0 Å². The Hall–Kier alpha value is -3.17. The number of aryl methyl sites for hydroxylation is 2. The van der Waals surface area contributed by atoms with Crippen LogP contribution in [0.15, 0.2) is 56.6 Å². The molecule has 3 aromatic rings. The molecule has 0 saturated carbocycles. The van der Waals surface area contributed by atoms with E-state index in [1.54, 1.807) is 12.1 Å². The van der Waals surface area contributed by atoms with E-state index >= 15 is 0 Å². The molecule has 1 N–H and O–H groups in total. The Balaban J connectivity index is 1.34. The molecule has 0 bridgehead atoms. The van der Waals surface area contributed by atoms with E-state index < -0.39 is 21.6 Å². The molecule has 1 aromatic heterocycles. The summed E-state index contributed by atoms with van der Waals surface area (Å²) < 4.78 is 43.1. The highest BCUT2D eigenvalue weighted by Gasteiger charge is 2.17. The second kappa shape index (κ2) is 9.76. The normalized spacial score (nSPS) is 13.1. The number of carbonyl (C=O) groups is 1. The summed E-state index contributed by atoms with van der Waals surface area (Å²) in [5, 5.41) is 0.749. The highest BCUT2D eigenvalue weighted by atomic mass is 32.2.